The van der Waals surface area contributed by atoms with E-state index in [1.165, 1.54) is 40.2 Å². The number of phenolic OH excluding ortho intramolecular Hbond substituents is 2. The van der Waals surface area contributed by atoms with Gasteiger partial charge in [-0.15, -0.1) is 0 Å². The van der Waals surface area contributed by atoms with Crippen LogP contribution in [0.25, 0.3) is 0 Å². The standard InChI is InChI=1S/C16H18O6S/c1-19-11-5-9(6-12(20-2)15(11)17)23-10-7-13(21-3)16(18)14(8-10)22-4/h5-8,17-18H,1-4H3. The number of hydrogen-bond acceptors (Lipinski definition) is 7. The molecule has 2 aromatic carbocycles. The maximum Gasteiger partial charge on any atom is 0.200 e. The Labute approximate surface area is 138 Å². The van der Waals surface area contributed by atoms with E-state index in [2.05, 4.69) is 0 Å². The van der Waals surface area contributed by atoms with Crippen molar-refractivity contribution in [3.63, 3.8) is 0 Å². The summed E-state index contributed by atoms with van der Waals surface area (Å²) in [5.74, 6) is 1.13. The monoisotopic (exact) mass is 338 g/mol. The molecule has 7 heteroatoms. The fourth-order valence-corrected chi connectivity index (χ4v) is 2.93. The van der Waals surface area contributed by atoms with Crippen molar-refractivity contribution in [2.24, 2.45) is 0 Å². The van der Waals surface area contributed by atoms with E-state index < -0.39 is 0 Å². The Morgan fingerprint density at radius 1 is 0.609 bits per heavy atom. The molecule has 0 amide bonds. The molecule has 0 aromatic heterocycles. The Morgan fingerprint density at radius 3 is 1.09 bits per heavy atom. The van der Waals surface area contributed by atoms with Crippen LogP contribution < -0.4 is 18.9 Å². The number of hydrogen-bond donors (Lipinski definition) is 2. The summed E-state index contributed by atoms with van der Waals surface area (Å²) in [4.78, 5) is 1.57. The van der Waals surface area contributed by atoms with Crippen LogP contribution in [-0.4, -0.2) is 38.7 Å². The molecule has 0 aliphatic heterocycles. The van der Waals surface area contributed by atoms with Crippen LogP contribution in [0.5, 0.6) is 34.5 Å². The second-order valence-electron chi connectivity index (χ2n) is 4.45. The Balaban J connectivity index is 2.43. The van der Waals surface area contributed by atoms with Gasteiger partial charge < -0.3 is 29.2 Å². The molecular formula is C16H18O6S. The first-order chi connectivity index (χ1) is 11.0. The molecule has 2 rings (SSSR count). The zero-order valence-electron chi connectivity index (χ0n) is 13.2. The first kappa shape index (κ1) is 17.0. The lowest BCUT2D eigenvalue weighted by atomic mass is 10.3. The van der Waals surface area contributed by atoms with Crippen molar-refractivity contribution >= 4 is 11.8 Å². The van der Waals surface area contributed by atoms with Crippen molar-refractivity contribution < 1.29 is 29.2 Å². The predicted molar refractivity (Wildman–Crippen MR) is 86.5 cm³/mol. The number of aromatic hydroxyl groups is 2. The predicted octanol–water partition coefficient (Wildman–Crippen LogP) is 3.28. The summed E-state index contributed by atoms with van der Waals surface area (Å²) in [7, 11) is 5.87. The highest BCUT2D eigenvalue weighted by Gasteiger charge is 2.15. The normalized spacial score (nSPS) is 10.3. The summed E-state index contributed by atoms with van der Waals surface area (Å²) >= 11 is 1.38. The van der Waals surface area contributed by atoms with Gasteiger partial charge in [0.15, 0.2) is 23.0 Å². The number of methoxy groups -OCH3 is 4. The van der Waals surface area contributed by atoms with E-state index in [9.17, 15) is 10.2 Å². The van der Waals surface area contributed by atoms with Crippen LogP contribution in [0.3, 0.4) is 0 Å². The van der Waals surface area contributed by atoms with Crippen LogP contribution in [-0.2, 0) is 0 Å². The van der Waals surface area contributed by atoms with E-state index in [4.69, 9.17) is 18.9 Å². The molecule has 2 N–H and O–H groups in total. The average molecular weight is 338 g/mol. The van der Waals surface area contributed by atoms with Crippen LogP contribution in [0.1, 0.15) is 0 Å². The maximum absolute atomic E-state index is 9.95. The molecule has 0 bridgehead atoms. The van der Waals surface area contributed by atoms with Crippen molar-refractivity contribution in [1.29, 1.82) is 0 Å². The molecule has 0 aliphatic carbocycles. The van der Waals surface area contributed by atoms with Gasteiger partial charge in [0.25, 0.3) is 0 Å². The number of ether oxygens (including phenoxy) is 4. The van der Waals surface area contributed by atoms with Crippen molar-refractivity contribution in [2.45, 2.75) is 9.79 Å². The van der Waals surface area contributed by atoms with Gasteiger partial charge in [0.1, 0.15) is 0 Å². The molecule has 23 heavy (non-hydrogen) atoms. The Kier molecular flexibility index (Phi) is 5.33. The quantitative estimate of drug-likeness (QED) is 0.837. The number of phenols is 2. The molecule has 0 radical (unpaired) electrons. The summed E-state index contributed by atoms with van der Waals surface area (Å²) < 4.78 is 20.6. The highest BCUT2D eigenvalue weighted by atomic mass is 32.2. The van der Waals surface area contributed by atoms with Gasteiger partial charge in [-0.05, 0) is 24.3 Å². The minimum absolute atomic E-state index is 0.0554. The zero-order chi connectivity index (χ0) is 17.0. The summed E-state index contributed by atoms with van der Waals surface area (Å²) in [6.07, 6.45) is 0. The van der Waals surface area contributed by atoms with Crippen molar-refractivity contribution in [3.8, 4) is 34.5 Å². The second-order valence-corrected chi connectivity index (χ2v) is 5.60. The third kappa shape index (κ3) is 3.50. The third-order valence-corrected chi connectivity index (χ3v) is 4.09. The zero-order valence-corrected chi connectivity index (χ0v) is 14.1. The SMILES string of the molecule is COc1cc(Sc2cc(OC)c(O)c(OC)c2)cc(OC)c1O. The first-order valence-corrected chi connectivity index (χ1v) is 7.43. The van der Waals surface area contributed by atoms with Crippen molar-refractivity contribution in [1.82, 2.24) is 0 Å². The molecule has 124 valence electrons. The van der Waals surface area contributed by atoms with Crippen LogP contribution >= 0.6 is 11.8 Å². The Morgan fingerprint density at radius 2 is 0.870 bits per heavy atom. The van der Waals surface area contributed by atoms with Gasteiger partial charge in [0, 0.05) is 9.79 Å². The molecule has 0 fully saturated rings. The molecule has 0 unspecified atom stereocenters. The average Bonchev–Trinajstić information content (AvgIpc) is 2.57. The molecule has 0 saturated heterocycles. The molecule has 0 aliphatic rings. The summed E-state index contributed by atoms with van der Waals surface area (Å²) in [5.41, 5.74) is 0. The Hall–Kier alpha value is -2.41. The molecule has 0 spiro atoms. The van der Waals surface area contributed by atoms with Gasteiger partial charge in [-0.2, -0.15) is 0 Å². The van der Waals surface area contributed by atoms with E-state index >= 15 is 0 Å². The number of rotatable bonds is 6. The largest absolute Gasteiger partial charge is 0.502 e. The summed E-state index contributed by atoms with van der Waals surface area (Å²) in [6, 6.07) is 6.76. The molecule has 0 heterocycles. The van der Waals surface area contributed by atoms with E-state index in [-0.39, 0.29) is 11.5 Å². The topological polar surface area (TPSA) is 77.4 Å². The molecule has 6 nitrogen and oxygen atoms in total. The fourth-order valence-electron chi connectivity index (χ4n) is 1.99. The van der Waals surface area contributed by atoms with Gasteiger partial charge in [0.05, 0.1) is 28.4 Å². The van der Waals surface area contributed by atoms with E-state index in [1.807, 2.05) is 0 Å². The van der Waals surface area contributed by atoms with Gasteiger partial charge in [-0.25, -0.2) is 0 Å². The maximum atomic E-state index is 9.95. The third-order valence-electron chi connectivity index (χ3n) is 3.14. The van der Waals surface area contributed by atoms with E-state index in [0.29, 0.717) is 23.0 Å². The molecule has 2 aromatic rings. The molecule has 0 saturated carbocycles. The lowest BCUT2D eigenvalue weighted by molar-refractivity contribution is 0.338. The minimum atomic E-state index is -0.0554. The number of benzene rings is 2. The van der Waals surface area contributed by atoms with Crippen molar-refractivity contribution in [3.05, 3.63) is 24.3 Å². The highest BCUT2D eigenvalue weighted by molar-refractivity contribution is 7.99. The summed E-state index contributed by atoms with van der Waals surface area (Å²) in [5, 5.41) is 19.9. The first-order valence-electron chi connectivity index (χ1n) is 6.61. The summed E-state index contributed by atoms with van der Waals surface area (Å²) in [6.45, 7) is 0. The lowest BCUT2D eigenvalue weighted by Crippen LogP contribution is -1.91. The van der Waals surface area contributed by atoms with Crippen LogP contribution in [0, 0.1) is 0 Å². The van der Waals surface area contributed by atoms with Crippen LogP contribution in [0.15, 0.2) is 34.1 Å². The smallest absolute Gasteiger partial charge is 0.200 e. The van der Waals surface area contributed by atoms with E-state index in [1.54, 1.807) is 24.3 Å². The lowest BCUT2D eigenvalue weighted by Gasteiger charge is -2.13. The van der Waals surface area contributed by atoms with Gasteiger partial charge >= 0.3 is 0 Å². The van der Waals surface area contributed by atoms with E-state index in [0.717, 1.165) is 9.79 Å². The Bertz CT molecular complexity index is 591. The highest BCUT2D eigenvalue weighted by Crippen LogP contribution is 2.45. The second kappa shape index (κ2) is 7.23. The van der Waals surface area contributed by atoms with Gasteiger partial charge in [-0.3, -0.25) is 0 Å². The fraction of sp³-hybridized carbons (Fsp3) is 0.250. The van der Waals surface area contributed by atoms with Crippen LogP contribution in [0.2, 0.25) is 0 Å². The molecule has 0 atom stereocenters. The van der Waals surface area contributed by atoms with Gasteiger partial charge in [-0.1, -0.05) is 11.8 Å². The van der Waals surface area contributed by atoms with Crippen molar-refractivity contribution in [2.75, 3.05) is 28.4 Å². The van der Waals surface area contributed by atoms with Gasteiger partial charge in [0.2, 0.25) is 11.5 Å². The molecular weight excluding hydrogens is 320 g/mol. The van der Waals surface area contributed by atoms with Crippen LogP contribution in [0.4, 0.5) is 0 Å². The minimum Gasteiger partial charge on any atom is -0.502 e.